The van der Waals surface area contributed by atoms with Gasteiger partial charge in [0.05, 0.1) is 6.04 Å². The van der Waals surface area contributed by atoms with Gasteiger partial charge in [0.15, 0.2) is 0 Å². The zero-order valence-electron chi connectivity index (χ0n) is 13.3. The minimum absolute atomic E-state index is 0.408. The highest BCUT2D eigenvalue weighted by atomic mass is 32.2. The van der Waals surface area contributed by atoms with Crippen molar-refractivity contribution in [1.29, 1.82) is 0 Å². The number of hydrogen-bond donors (Lipinski definition) is 0. The molecule has 0 aromatic heterocycles. The zero-order valence-corrected chi connectivity index (χ0v) is 14.1. The highest BCUT2D eigenvalue weighted by molar-refractivity contribution is 8.00. The van der Waals surface area contributed by atoms with Crippen molar-refractivity contribution in [2.24, 2.45) is 0 Å². The van der Waals surface area contributed by atoms with E-state index in [0.29, 0.717) is 6.04 Å². The third-order valence-electron chi connectivity index (χ3n) is 4.32. The number of nitrogens with zero attached hydrogens (tertiary/aromatic N) is 1. The Morgan fingerprint density at radius 1 is 0.955 bits per heavy atom. The van der Waals surface area contributed by atoms with E-state index in [2.05, 4.69) is 84.2 Å². The Balaban J connectivity index is 1.69. The van der Waals surface area contributed by atoms with Gasteiger partial charge < -0.3 is 0 Å². The van der Waals surface area contributed by atoms with Gasteiger partial charge in [-0.25, -0.2) is 0 Å². The maximum absolute atomic E-state index is 2.62. The molecule has 0 atom stereocenters. The average Bonchev–Trinajstić information content (AvgIpc) is 2.54. The summed E-state index contributed by atoms with van der Waals surface area (Å²) < 4.78 is 0. The Morgan fingerprint density at radius 3 is 2.00 bits per heavy atom. The molecule has 2 aromatic rings. The first-order valence-corrected chi connectivity index (χ1v) is 9.39. The van der Waals surface area contributed by atoms with Crippen LogP contribution < -0.4 is 0 Å². The van der Waals surface area contributed by atoms with Crippen LogP contribution in [0.4, 0.5) is 0 Å². The van der Waals surface area contributed by atoms with Crippen molar-refractivity contribution in [3.8, 4) is 0 Å². The van der Waals surface area contributed by atoms with Crippen molar-refractivity contribution < 1.29 is 0 Å². The normalized spacial score (nSPS) is 15.9. The van der Waals surface area contributed by atoms with E-state index in [-0.39, 0.29) is 0 Å². The summed E-state index contributed by atoms with van der Waals surface area (Å²) in [5, 5.41) is 0.821. The van der Waals surface area contributed by atoms with E-state index < -0.39 is 0 Å². The maximum Gasteiger partial charge on any atom is 0.0602 e. The highest BCUT2D eigenvalue weighted by Gasteiger charge is 2.33. The van der Waals surface area contributed by atoms with E-state index in [1.165, 1.54) is 42.8 Å². The molecule has 0 N–H and O–H groups in total. The van der Waals surface area contributed by atoms with Crippen LogP contribution >= 0.6 is 11.8 Å². The Morgan fingerprint density at radius 2 is 1.50 bits per heavy atom. The average molecular weight is 311 g/mol. The second-order valence-corrected chi connectivity index (χ2v) is 7.43. The van der Waals surface area contributed by atoms with Gasteiger partial charge >= 0.3 is 0 Å². The van der Waals surface area contributed by atoms with E-state index in [1.54, 1.807) is 0 Å². The van der Waals surface area contributed by atoms with E-state index in [4.69, 9.17) is 0 Å². The van der Waals surface area contributed by atoms with Gasteiger partial charge in [-0.2, -0.15) is 11.8 Å². The molecule has 0 aliphatic carbocycles. The molecule has 0 bridgehead atoms. The summed E-state index contributed by atoms with van der Waals surface area (Å²) in [5.41, 5.74) is 2.82. The smallest absolute Gasteiger partial charge is 0.0602 e. The molecule has 0 amide bonds. The van der Waals surface area contributed by atoms with Crippen LogP contribution in [0.15, 0.2) is 60.7 Å². The first-order chi connectivity index (χ1) is 10.9. The first kappa shape index (κ1) is 15.6. The summed E-state index contributed by atoms with van der Waals surface area (Å²) in [6, 6.07) is 22.3. The topological polar surface area (TPSA) is 3.24 Å². The summed E-state index contributed by atoms with van der Waals surface area (Å²) in [6.07, 6.45) is 2.65. The van der Waals surface area contributed by atoms with Gasteiger partial charge in [-0.1, -0.05) is 74.0 Å². The molecule has 1 nitrogen and oxygen atoms in total. The van der Waals surface area contributed by atoms with Gasteiger partial charge in [-0.15, -0.1) is 0 Å². The zero-order chi connectivity index (χ0) is 15.2. The fourth-order valence-corrected chi connectivity index (χ4v) is 4.45. The number of thioether (sulfide) groups is 1. The fourth-order valence-electron chi connectivity index (χ4n) is 3.06. The van der Waals surface area contributed by atoms with Crippen molar-refractivity contribution in [1.82, 2.24) is 4.90 Å². The number of unbranched alkanes of at least 4 members (excludes halogenated alkanes) is 1. The van der Waals surface area contributed by atoms with Crippen LogP contribution in [0, 0.1) is 0 Å². The van der Waals surface area contributed by atoms with Gasteiger partial charge in [-0.05, 0) is 23.3 Å². The van der Waals surface area contributed by atoms with Crippen molar-refractivity contribution in [3.05, 3.63) is 71.8 Å². The molecule has 1 fully saturated rings. The molecule has 1 aliphatic rings. The predicted octanol–water partition coefficient (Wildman–Crippen LogP) is 4.99. The van der Waals surface area contributed by atoms with Crippen LogP contribution in [0.25, 0.3) is 0 Å². The lowest BCUT2D eigenvalue weighted by molar-refractivity contribution is 0.148. The fraction of sp³-hybridized carbons (Fsp3) is 0.400. The van der Waals surface area contributed by atoms with Crippen molar-refractivity contribution in [3.63, 3.8) is 0 Å². The third kappa shape index (κ3) is 3.74. The molecule has 0 unspecified atom stereocenters. The van der Waals surface area contributed by atoms with Gasteiger partial charge in [0.25, 0.3) is 0 Å². The lowest BCUT2D eigenvalue weighted by atomic mass is 9.94. The molecule has 1 heterocycles. The molecular formula is C20H25NS. The van der Waals surface area contributed by atoms with Crippen molar-refractivity contribution >= 4 is 11.8 Å². The summed E-state index contributed by atoms with van der Waals surface area (Å²) in [6.45, 7) is 4.69. The minimum atomic E-state index is 0.408. The molecule has 0 spiro atoms. The summed E-state index contributed by atoms with van der Waals surface area (Å²) in [4.78, 5) is 2.62. The van der Waals surface area contributed by atoms with Gasteiger partial charge in [0, 0.05) is 18.3 Å². The highest BCUT2D eigenvalue weighted by Crippen LogP contribution is 2.35. The predicted molar refractivity (Wildman–Crippen MR) is 97.5 cm³/mol. The van der Waals surface area contributed by atoms with E-state index >= 15 is 0 Å². The van der Waals surface area contributed by atoms with Crippen molar-refractivity contribution in [2.45, 2.75) is 31.1 Å². The van der Waals surface area contributed by atoms with Crippen LogP contribution in [-0.4, -0.2) is 29.0 Å². The maximum atomic E-state index is 2.62. The van der Waals surface area contributed by atoms with E-state index in [1.807, 2.05) is 0 Å². The molecule has 0 radical (unpaired) electrons. The Kier molecular flexibility index (Phi) is 5.58. The van der Waals surface area contributed by atoms with Crippen molar-refractivity contribution in [2.75, 3.05) is 18.8 Å². The monoisotopic (exact) mass is 311 g/mol. The molecular weight excluding hydrogens is 286 g/mol. The van der Waals surface area contributed by atoms with Crippen LogP contribution in [0.5, 0.6) is 0 Å². The van der Waals surface area contributed by atoms with Crippen LogP contribution in [0.3, 0.4) is 0 Å². The number of benzene rings is 2. The standard InChI is InChI=1S/C20H25NS/c1-2-3-14-22-19-15-21(16-19)20(17-10-6-4-7-11-17)18-12-8-5-9-13-18/h4-13,19-20H,2-3,14-16H2,1H3. The van der Waals surface area contributed by atoms with Crippen LogP contribution in [0.2, 0.25) is 0 Å². The van der Waals surface area contributed by atoms with Gasteiger partial charge in [-0.3, -0.25) is 4.90 Å². The van der Waals surface area contributed by atoms with Gasteiger partial charge in [0.1, 0.15) is 0 Å². The lowest BCUT2D eigenvalue weighted by Gasteiger charge is -2.44. The Bertz CT molecular complexity index is 509. The SMILES string of the molecule is CCCCSC1CN(C(c2ccccc2)c2ccccc2)C1. The quantitative estimate of drug-likeness (QED) is 0.662. The van der Waals surface area contributed by atoms with Gasteiger partial charge in [0.2, 0.25) is 0 Å². The summed E-state index contributed by atoms with van der Waals surface area (Å²) >= 11 is 2.16. The summed E-state index contributed by atoms with van der Waals surface area (Å²) in [7, 11) is 0. The molecule has 2 heteroatoms. The molecule has 1 aliphatic heterocycles. The second kappa shape index (κ2) is 7.85. The molecule has 2 aromatic carbocycles. The Labute approximate surface area is 138 Å². The summed E-state index contributed by atoms with van der Waals surface area (Å²) in [5.74, 6) is 1.32. The molecule has 22 heavy (non-hydrogen) atoms. The minimum Gasteiger partial charge on any atom is -0.290 e. The lowest BCUT2D eigenvalue weighted by Crippen LogP contribution is -2.51. The molecule has 3 rings (SSSR count). The Hall–Kier alpha value is -1.25. The van der Waals surface area contributed by atoms with Crippen LogP contribution in [-0.2, 0) is 0 Å². The molecule has 0 saturated carbocycles. The largest absolute Gasteiger partial charge is 0.290 e. The number of hydrogen-bond acceptors (Lipinski definition) is 2. The molecule has 116 valence electrons. The van der Waals surface area contributed by atoms with Crippen LogP contribution in [0.1, 0.15) is 36.9 Å². The number of rotatable bonds is 7. The third-order valence-corrected chi connectivity index (χ3v) is 5.62. The van der Waals surface area contributed by atoms with E-state index in [0.717, 1.165) is 5.25 Å². The molecule has 1 saturated heterocycles. The van der Waals surface area contributed by atoms with E-state index in [9.17, 15) is 0 Å². The second-order valence-electron chi connectivity index (χ2n) is 6.02. The number of likely N-dealkylation sites (tertiary alicyclic amines) is 1. The first-order valence-electron chi connectivity index (χ1n) is 8.34.